The first-order valence-electron chi connectivity index (χ1n) is 4.53. The molecule has 0 atom stereocenters. The van der Waals surface area contributed by atoms with Crippen LogP contribution in [0.4, 0.5) is 5.69 Å². The van der Waals surface area contributed by atoms with Crippen molar-refractivity contribution in [3.8, 4) is 0 Å². The molecule has 0 spiro atoms. The molecule has 0 amide bonds. The van der Waals surface area contributed by atoms with Gasteiger partial charge in [-0.2, -0.15) is 13.5 Å². The fourth-order valence-corrected chi connectivity index (χ4v) is 2.21. The Labute approximate surface area is 92.8 Å². The van der Waals surface area contributed by atoms with Crippen LogP contribution in [-0.4, -0.2) is 23.6 Å². The molecule has 0 saturated heterocycles. The van der Waals surface area contributed by atoms with E-state index in [0.29, 0.717) is 11.4 Å². The number of H-pyrrole nitrogens is 1. The number of nitrogens with zero attached hydrogens (tertiary/aromatic N) is 2. The zero-order valence-electron chi connectivity index (χ0n) is 8.51. The highest BCUT2D eigenvalue weighted by Gasteiger charge is 2.16. The van der Waals surface area contributed by atoms with E-state index in [2.05, 4.69) is 19.9 Å². The average molecular weight is 238 g/mol. The number of hydrogen-bond acceptors (Lipinski definition) is 4. The molecule has 0 radical (unpaired) electrons. The van der Waals surface area contributed by atoms with Gasteiger partial charge in [0.1, 0.15) is 0 Å². The highest BCUT2D eigenvalue weighted by atomic mass is 32.2. The van der Waals surface area contributed by atoms with Crippen LogP contribution in [0.2, 0.25) is 0 Å². The van der Waals surface area contributed by atoms with Gasteiger partial charge in [-0.15, -0.1) is 0 Å². The first-order valence-corrected chi connectivity index (χ1v) is 6.02. The van der Waals surface area contributed by atoms with Crippen molar-refractivity contribution in [2.75, 3.05) is 4.72 Å². The maximum atomic E-state index is 11.8. The van der Waals surface area contributed by atoms with Gasteiger partial charge < -0.3 is 0 Å². The van der Waals surface area contributed by atoms with Crippen LogP contribution < -0.4 is 4.72 Å². The zero-order chi connectivity index (χ0) is 11.6. The van der Waals surface area contributed by atoms with Gasteiger partial charge in [-0.25, -0.2) is 0 Å². The second-order valence-electron chi connectivity index (χ2n) is 3.16. The number of hydrogen-bond donors (Lipinski definition) is 2. The highest BCUT2D eigenvalue weighted by Crippen LogP contribution is 2.15. The largest absolute Gasteiger partial charge is 0.278 e. The molecule has 2 aromatic rings. The average Bonchev–Trinajstić information content (AvgIpc) is 2.75. The highest BCUT2D eigenvalue weighted by molar-refractivity contribution is 7.92. The van der Waals surface area contributed by atoms with Gasteiger partial charge in [0.2, 0.25) is 0 Å². The maximum absolute atomic E-state index is 11.8. The normalized spacial score (nSPS) is 11.3. The molecule has 0 aliphatic rings. The van der Waals surface area contributed by atoms with Gasteiger partial charge in [-0.3, -0.25) is 14.8 Å². The predicted octanol–water partition coefficient (Wildman–Crippen LogP) is 0.914. The lowest BCUT2D eigenvalue weighted by molar-refractivity contribution is 0.597. The minimum atomic E-state index is -3.60. The van der Waals surface area contributed by atoms with Gasteiger partial charge in [-0.1, -0.05) is 0 Å². The summed E-state index contributed by atoms with van der Waals surface area (Å²) in [5.41, 5.74) is 1.07. The van der Waals surface area contributed by atoms with Crippen LogP contribution in [0, 0.1) is 6.92 Å². The number of nitrogens with one attached hydrogen (secondary N) is 2. The Balaban J connectivity index is 2.33. The van der Waals surface area contributed by atoms with Crippen molar-refractivity contribution in [1.29, 1.82) is 0 Å². The third-order valence-corrected chi connectivity index (χ3v) is 3.31. The summed E-state index contributed by atoms with van der Waals surface area (Å²) < 4.78 is 26.0. The van der Waals surface area contributed by atoms with Gasteiger partial charge in [0.25, 0.3) is 10.0 Å². The monoisotopic (exact) mass is 238 g/mol. The molecule has 0 aromatic carbocycles. The molecule has 7 heteroatoms. The minimum absolute atomic E-state index is 0.0238. The van der Waals surface area contributed by atoms with Crippen LogP contribution >= 0.6 is 0 Å². The standard InChI is InChI=1S/C9H10N4O2S/c1-7-8(3-2-5-10-7)13-16(14,15)9-4-6-11-12-9/h2-6,13H,1H3,(H,11,12). The van der Waals surface area contributed by atoms with E-state index in [1.165, 1.54) is 12.3 Å². The van der Waals surface area contributed by atoms with Crippen molar-refractivity contribution in [3.63, 3.8) is 0 Å². The van der Waals surface area contributed by atoms with Crippen molar-refractivity contribution in [3.05, 3.63) is 36.3 Å². The lowest BCUT2D eigenvalue weighted by atomic mass is 10.3. The molecule has 2 heterocycles. The smallest absolute Gasteiger partial charge is 0.277 e. The van der Waals surface area contributed by atoms with Crippen molar-refractivity contribution < 1.29 is 8.42 Å². The fourth-order valence-electron chi connectivity index (χ4n) is 1.18. The van der Waals surface area contributed by atoms with Crippen molar-refractivity contribution in [2.45, 2.75) is 11.9 Å². The van der Waals surface area contributed by atoms with Gasteiger partial charge >= 0.3 is 0 Å². The number of anilines is 1. The van der Waals surface area contributed by atoms with E-state index in [1.807, 2.05) is 0 Å². The molecule has 0 aliphatic heterocycles. The summed E-state index contributed by atoms with van der Waals surface area (Å²) in [6.45, 7) is 1.73. The summed E-state index contributed by atoms with van der Waals surface area (Å²) >= 11 is 0. The van der Waals surface area contributed by atoms with Crippen LogP contribution in [0.5, 0.6) is 0 Å². The Bertz CT molecular complexity index is 577. The molecule has 0 bridgehead atoms. The number of sulfonamides is 1. The SMILES string of the molecule is Cc1ncccc1NS(=O)(=O)c1ccn[nH]1. The molecule has 0 aliphatic carbocycles. The molecule has 2 rings (SSSR count). The third-order valence-electron chi connectivity index (χ3n) is 2.02. The number of aromatic nitrogens is 3. The number of aromatic amines is 1. The summed E-state index contributed by atoms with van der Waals surface area (Å²) in [5.74, 6) is 0. The van der Waals surface area contributed by atoms with E-state index in [9.17, 15) is 8.42 Å². The van der Waals surface area contributed by atoms with E-state index in [0.717, 1.165) is 0 Å². The molecule has 84 valence electrons. The summed E-state index contributed by atoms with van der Waals surface area (Å²) in [6.07, 6.45) is 2.98. The molecule has 6 nitrogen and oxygen atoms in total. The first kappa shape index (κ1) is 10.6. The fraction of sp³-hybridized carbons (Fsp3) is 0.111. The Kier molecular flexibility index (Phi) is 2.61. The van der Waals surface area contributed by atoms with Gasteiger partial charge in [0, 0.05) is 6.20 Å². The number of pyridine rings is 1. The lowest BCUT2D eigenvalue weighted by Gasteiger charge is -2.07. The maximum Gasteiger partial charge on any atom is 0.278 e. The van der Waals surface area contributed by atoms with E-state index >= 15 is 0 Å². The van der Waals surface area contributed by atoms with Crippen LogP contribution in [-0.2, 0) is 10.0 Å². The summed E-state index contributed by atoms with van der Waals surface area (Å²) in [4.78, 5) is 3.99. The van der Waals surface area contributed by atoms with Crippen LogP contribution in [0.25, 0.3) is 0 Å². The van der Waals surface area contributed by atoms with Gasteiger partial charge in [0.15, 0.2) is 5.03 Å². The number of rotatable bonds is 3. The molecule has 0 unspecified atom stereocenters. The Hall–Kier alpha value is -1.89. The van der Waals surface area contributed by atoms with E-state index in [-0.39, 0.29) is 5.03 Å². The second kappa shape index (κ2) is 3.93. The Morgan fingerprint density at radius 2 is 2.12 bits per heavy atom. The molecule has 0 fully saturated rings. The van der Waals surface area contributed by atoms with E-state index < -0.39 is 10.0 Å². The lowest BCUT2D eigenvalue weighted by Crippen LogP contribution is -2.14. The van der Waals surface area contributed by atoms with Crippen molar-refractivity contribution in [1.82, 2.24) is 15.2 Å². The zero-order valence-corrected chi connectivity index (χ0v) is 9.32. The Morgan fingerprint density at radius 3 is 2.75 bits per heavy atom. The number of aryl methyl sites for hydroxylation is 1. The molecule has 2 aromatic heterocycles. The topological polar surface area (TPSA) is 87.7 Å². The van der Waals surface area contributed by atoms with E-state index in [1.54, 1.807) is 25.3 Å². The quantitative estimate of drug-likeness (QED) is 0.832. The Morgan fingerprint density at radius 1 is 1.31 bits per heavy atom. The molecule has 2 N–H and O–H groups in total. The van der Waals surface area contributed by atoms with Crippen LogP contribution in [0.15, 0.2) is 35.6 Å². The van der Waals surface area contributed by atoms with Gasteiger partial charge in [0.05, 0.1) is 17.6 Å². The predicted molar refractivity (Wildman–Crippen MR) is 58.4 cm³/mol. The summed E-state index contributed by atoms with van der Waals surface area (Å²) in [6, 6.07) is 4.70. The summed E-state index contributed by atoms with van der Waals surface area (Å²) in [7, 11) is -3.60. The van der Waals surface area contributed by atoms with Crippen LogP contribution in [0.3, 0.4) is 0 Å². The second-order valence-corrected chi connectivity index (χ2v) is 4.81. The molecular formula is C9H10N4O2S. The molecule has 0 saturated carbocycles. The first-order chi connectivity index (χ1) is 7.59. The summed E-state index contributed by atoms with van der Waals surface area (Å²) in [5, 5.41) is 6.01. The van der Waals surface area contributed by atoms with E-state index in [4.69, 9.17) is 0 Å². The van der Waals surface area contributed by atoms with Crippen LogP contribution in [0.1, 0.15) is 5.69 Å². The minimum Gasteiger partial charge on any atom is -0.277 e. The third kappa shape index (κ3) is 2.03. The molecular weight excluding hydrogens is 228 g/mol. The van der Waals surface area contributed by atoms with Crippen molar-refractivity contribution in [2.24, 2.45) is 0 Å². The van der Waals surface area contributed by atoms with Gasteiger partial charge in [-0.05, 0) is 25.1 Å². The van der Waals surface area contributed by atoms with Crippen molar-refractivity contribution >= 4 is 15.7 Å². The molecule has 16 heavy (non-hydrogen) atoms.